The van der Waals surface area contributed by atoms with Crippen LogP contribution >= 0.6 is 0 Å². The maximum atomic E-state index is 10.0. The predicted octanol–water partition coefficient (Wildman–Crippen LogP) is 2.32. The molecule has 0 fully saturated rings. The average molecular weight is 222 g/mol. The number of benzene rings is 1. The van der Waals surface area contributed by atoms with Gasteiger partial charge in [0.25, 0.3) is 0 Å². The van der Waals surface area contributed by atoms with Crippen LogP contribution in [-0.2, 0) is 6.42 Å². The summed E-state index contributed by atoms with van der Waals surface area (Å²) in [5.41, 5.74) is 2.15. The minimum absolute atomic E-state index is 0.376. The normalized spacial score (nSPS) is 23.8. The van der Waals surface area contributed by atoms with Gasteiger partial charge in [-0.2, -0.15) is 0 Å². The van der Waals surface area contributed by atoms with Crippen molar-refractivity contribution in [2.75, 3.05) is 14.2 Å². The Kier molecular flexibility index (Phi) is 3.06. The number of ether oxygens (including phenoxy) is 2. The van der Waals surface area contributed by atoms with Crippen molar-refractivity contribution < 1.29 is 14.6 Å². The van der Waals surface area contributed by atoms with Gasteiger partial charge in [-0.15, -0.1) is 0 Å². The molecular weight excluding hydrogens is 204 g/mol. The van der Waals surface area contributed by atoms with E-state index in [1.54, 1.807) is 14.2 Å². The Morgan fingerprint density at radius 2 is 1.81 bits per heavy atom. The molecule has 2 rings (SSSR count). The maximum absolute atomic E-state index is 10.0. The molecule has 1 aliphatic carbocycles. The number of aliphatic hydroxyl groups is 1. The van der Waals surface area contributed by atoms with Gasteiger partial charge in [-0.1, -0.05) is 6.92 Å². The molecule has 2 atom stereocenters. The molecule has 0 amide bonds. The third-order valence-electron chi connectivity index (χ3n) is 3.20. The largest absolute Gasteiger partial charge is 0.493 e. The van der Waals surface area contributed by atoms with Crippen LogP contribution in [-0.4, -0.2) is 19.3 Å². The van der Waals surface area contributed by atoms with Gasteiger partial charge < -0.3 is 14.6 Å². The minimum Gasteiger partial charge on any atom is -0.493 e. The zero-order valence-electron chi connectivity index (χ0n) is 9.99. The van der Waals surface area contributed by atoms with Gasteiger partial charge in [0, 0.05) is 0 Å². The smallest absolute Gasteiger partial charge is 0.161 e. The number of aliphatic hydroxyl groups excluding tert-OH is 1. The lowest BCUT2D eigenvalue weighted by Crippen LogP contribution is -2.16. The highest BCUT2D eigenvalue weighted by Gasteiger charge is 2.24. The van der Waals surface area contributed by atoms with E-state index in [4.69, 9.17) is 9.47 Å². The molecule has 1 N–H and O–H groups in total. The summed E-state index contributed by atoms with van der Waals surface area (Å²) in [6.45, 7) is 2.16. The van der Waals surface area contributed by atoms with E-state index in [0.29, 0.717) is 11.7 Å². The molecule has 0 saturated carbocycles. The third kappa shape index (κ3) is 1.87. The van der Waals surface area contributed by atoms with Crippen molar-refractivity contribution in [1.82, 2.24) is 0 Å². The summed E-state index contributed by atoms with van der Waals surface area (Å²) < 4.78 is 10.5. The molecule has 3 heteroatoms. The Balaban J connectivity index is 2.47. The number of hydrogen-bond acceptors (Lipinski definition) is 3. The molecule has 0 aliphatic heterocycles. The average Bonchev–Trinajstić information content (AvgIpc) is 2.27. The van der Waals surface area contributed by atoms with E-state index in [9.17, 15) is 5.11 Å². The fourth-order valence-corrected chi connectivity index (χ4v) is 2.39. The molecule has 1 aromatic rings. The van der Waals surface area contributed by atoms with E-state index in [1.165, 1.54) is 5.56 Å². The highest BCUT2D eigenvalue weighted by molar-refractivity contribution is 5.49. The Hall–Kier alpha value is -1.22. The Morgan fingerprint density at radius 3 is 2.44 bits per heavy atom. The van der Waals surface area contributed by atoms with Crippen molar-refractivity contribution >= 4 is 0 Å². The lowest BCUT2D eigenvalue weighted by Gasteiger charge is -2.27. The summed E-state index contributed by atoms with van der Waals surface area (Å²) in [5, 5.41) is 10.0. The molecule has 0 spiro atoms. The van der Waals surface area contributed by atoms with Crippen molar-refractivity contribution in [2.45, 2.75) is 25.9 Å². The molecule has 2 unspecified atom stereocenters. The molecule has 16 heavy (non-hydrogen) atoms. The molecule has 0 saturated heterocycles. The van der Waals surface area contributed by atoms with Gasteiger partial charge in [-0.05, 0) is 42.0 Å². The van der Waals surface area contributed by atoms with Crippen LogP contribution in [0, 0.1) is 5.92 Å². The van der Waals surface area contributed by atoms with Crippen LogP contribution in [0.1, 0.15) is 30.6 Å². The number of fused-ring (bicyclic) bond motifs is 1. The lowest BCUT2D eigenvalue weighted by atomic mass is 9.83. The minimum atomic E-state index is -0.376. The van der Waals surface area contributed by atoms with Crippen LogP contribution in [0.3, 0.4) is 0 Å². The fraction of sp³-hybridized carbons (Fsp3) is 0.538. The molecule has 3 nitrogen and oxygen atoms in total. The summed E-state index contributed by atoms with van der Waals surface area (Å²) in [4.78, 5) is 0. The number of rotatable bonds is 2. The van der Waals surface area contributed by atoms with Gasteiger partial charge in [0.15, 0.2) is 11.5 Å². The van der Waals surface area contributed by atoms with Crippen molar-refractivity contribution in [3.8, 4) is 11.5 Å². The second-order valence-electron chi connectivity index (χ2n) is 4.47. The molecule has 0 radical (unpaired) electrons. The maximum Gasteiger partial charge on any atom is 0.161 e. The summed E-state index contributed by atoms with van der Waals surface area (Å²) in [5.74, 6) is 1.94. The topological polar surface area (TPSA) is 38.7 Å². The first-order valence-corrected chi connectivity index (χ1v) is 5.58. The standard InChI is InChI=1S/C13H18O3/c1-8-4-9-6-12(15-2)13(16-3)7-10(9)11(14)5-8/h6-8,11,14H,4-5H2,1-3H3. The van der Waals surface area contributed by atoms with Crippen molar-refractivity contribution in [3.63, 3.8) is 0 Å². The monoisotopic (exact) mass is 222 g/mol. The van der Waals surface area contributed by atoms with E-state index in [1.807, 2.05) is 12.1 Å². The van der Waals surface area contributed by atoms with E-state index in [-0.39, 0.29) is 6.10 Å². The summed E-state index contributed by atoms with van der Waals surface area (Å²) >= 11 is 0. The molecule has 88 valence electrons. The van der Waals surface area contributed by atoms with Crippen LogP contribution < -0.4 is 9.47 Å². The summed E-state index contributed by atoms with van der Waals surface area (Å²) in [6.07, 6.45) is 1.44. The molecule has 0 heterocycles. The third-order valence-corrected chi connectivity index (χ3v) is 3.20. The SMILES string of the molecule is COc1cc2c(cc1OC)C(O)CC(C)C2. The predicted molar refractivity (Wildman–Crippen MR) is 62.0 cm³/mol. The first kappa shape index (κ1) is 11.3. The molecule has 0 bridgehead atoms. The van der Waals surface area contributed by atoms with Gasteiger partial charge in [0.1, 0.15) is 0 Å². The van der Waals surface area contributed by atoms with Gasteiger partial charge in [-0.25, -0.2) is 0 Å². The number of hydrogen-bond donors (Lipinski definition) is 1. The highest BCUT2D eigenvalue weighted by atomic mass is 16.5. The quantitative estimate of drug-likeness (QED) is 0.834. The highest BCUT2D eigenvalue weighted by Crippen LogP contribution is 2.39. The van der Waals surface area contributed by atoms with Crippen LogP contribution in [0.5, 0.6) is 11.5 Å². The van der Waals surface area contributed by atoms with Gasteiger partial charge >= 0.3 is 0 Å². The Morgan fingerprint density at radius 1 is 1.19 bits per heavy atom. The lowest BCUT2D eigenvalue weighted by molar-refractivity contribution is 0.136. The molecule has 0 aromatic heterocycles. The Labute approximate surface area is 96.0 Å². The van der Waals surface area contributed by atoms with Gasteiger partial charge in [0.2, 0.25) is 0 Å². The zero-order chi connectivity index (χ0) is 11.7. The zero-order valence-corrected chi connectivity index (χ0v) is 9.99. The summed E-state index contributed by atoms with van der Waals surface area (Å²) in [6, 6.07) is 3.87. The molecule has 1 aliphatic rings. The van der Waals surface area contributed by atoms with Crippen LogP contribution in [0.15, 0.2) is 12.1 Å². The van der Waals surface area contributed by atoms with E-state index >= 15 is 0 Å². The fourth-order valence-electron chi connectivity index (χ4n) is 2.39. The molecular formula is C13H18O3. The van der Waals surface area contributed by atoms with Gasteiger partial charge in [-0.3, -0.25) is 0 Å². The molecule has 1 aromatic carbocycles. The first-order valence-electron chi connectivity index (χ1n) is 5.58. The van der Waals surface area contributed by atoms with Crippen molar-refractivity contribution in [2.24, 2.45) is 5.92 Å². The van der Waals surface area contributed by atoms with E-state index < -0.39 is 0 Å². The Bertz CT molecular complexity index is 387. The van der Waals surface area contributed by atoms with Crippen LogP contribution in [0.2, 0.25) is 0 Å². The van der Waals surface area contributed by atoms with E-state index in [0.717, 1.165) is 24.2 Å². The first-order chi connectivity index (χ1) is 7.65. The number of methoxy groups -OCH3 is 2. The summed E-state index contributed by atoms with van der Waals surface area (Å²) in [7, 11) is 3.25. The second kappa shape index (κ2) is 4.34. The van der Waals surface area contributed by atoms with Gasteiger partial charge in [0.05, 0.1) is 20.3 Å². The second-order valence-corrected chi connectivity index (χ2v) is 4.47. The van der Waals surface area contributed by atoms with Crippen LogP contribution in [0.4, 0.5) is 0 Å². The van der Waals surface area contributed by atoms with E-state index in [2.05, 4.69) is 6.92 Å². The van der Waals surface area contributed by atoms with Crippen molar-refractivity contribution in [1.29, 1.82) is 0 Å². The van der Waals surface area contributed by atoms with Crippen LogP contribution in [0.25, 0.3) is 0 Å². The van der Waals surface area contributed by atoms with Crippen molar-refractivity contribution in [3.05, 3.63) is 23.3 Å².